The van der Waals surface area contributed by atoms with Gasteiger partial charge in [0.2, 0.25) is 0 Å². The van der Waals surface area contributed by atoms with Crippen LogP contribution in [0.25, 0.3) is 10.1 Å². The lowest BCUT2D eigenvalue weighted by atomic mass is 10.2. The van der Waals surface area contributed by atoms with Crippen LogP contribution in [-0.2, 0) is 11.2 Å². The lowest BCUT2D eigenvalue weighted by Gasteiger charge is -2.20. The number of rotatable bonds is 6. The van der Waals surface area contributed by atoms with Crippen LogP contribution in [0.5, 0.6) is 11.5 Å². The van der Waals surface area contributed by atoms with Gasteiger partial charge in [0.05, 0.1) is 17.3 Å². The van der Waals surface area contributed by atoms with Crippen molar-refractivity contribution in [2.24, 2.45) is 0 Å². The number of anilines is 3. The number of carbonyl (C=O) groups is 1. The predicted molar refractivity (Wildman–Crippen MR) is 125 cm³/mol. The van der Waals surface area contributed by atoms with E-state index in [0.29, 0.717) is 23.1 Å². The number of benzene rings is 2. The van der Waals surface area contributed by atoms with E-state index in [0.717, 1.165) is 41.2 Å². The molecule has 1 aliphatic heterocycles. The summed E-state index contributed by atoms with van der Waals surface area (Å²) in [7, 11) is 0. The molecule has 4 aromatic rings. The first-order valence-corrected chi connectivity index (χ1v) is 11.1. The maximum Gasteiger partial charge on any atom is 0.157 e. The van der Waals surface area contributed by atoms with E-state index < -0.39 is 0 Å². The third-order valence-electron chi connectivity index (χ3n) is 5.12. The molecule has 6 nitrogen and oxygen atoms in total. The summed E-state index contributed by atoms with van der Waals surface area (Å²) in [5.41, 5.74) is 2.59. The molecular formula is C23H19ClN4O2S. The van der Waals surface area contributed by atoms with Crippen LogP contribution in [-0.4, -0.2) is 28.8 Å². The first-order valence-electron chi connectivity index (χ1n) is 9.87. The van der Waals surface area contributed by atoms with Crippen molar-refractivity contribution in [2.75, 3.05) is 23.3 Å². The predicted octanol–water partition coefficient (Wildman–Crippen LogP) is 5.83. The lowest BCUT2D eigenvalue weighted by molar-refractivity contribution is -0.115. The summed E-state index contributed by atoms with van der Waals surface area (Å²) in [6, 6.07) is 13.6. The standard InChI is InChI=1S/C23H19ClN4O2S/c1-14(29)12-28-9-7-18-22(28)23(26-13-25-18)27-15-5-6-20(17(24)11-15)30-19-3-2-4-21-16(19)8-10-31-21/h2-6,8,10-11,13H,7,9,12H2,1H3,(H,25,26,27). The molecule has 8 heteroatoms. The number of aromatic nitrogens is 2. The van der Waals surface area contributed by atoms with Crippen molar-refractivity contribution in [2.45, 2.75) is 13.3 Å². The molecular weight excluding hydrogens is 432 g/mol. The number of thiophene rings is 1. The van der Waals surface area contributed by atoms with Gasteiger partial charge in [-0.25, -0.2) is 9.97 Å². The summed E-state index contributed by atoms with van der Waals surface area (Å²) in [6.45, 7) is 2.69. The van der Waals surface area contributed by atoms with Crippen LogP contribution in [0.15, 0.2) is 54.2 Å². The van der Waals surface area contributed by atoms with Crippen LogP contribution in [0.4, 0.5) is 17.2 Å². The summed E-state index contributed by atoms with van der Waals surface area (Å²) in [6.07, 6.45) is 2.33. The average molecular weight is 451 g/mol. The highest BCUT2D eigenvalue weighted by molar-refractivity contribution is 7.17. The highest BCUT2D eigenvalue weighted by atomic mass is 35.5. The van der Waals surface area contributed by atoms with Gasteiger partial charge >= 0.3 is 0 Å². The summed E-state index contributed by atoms with van der Waals surface area (Å²) in [5.74, 6) is 2.12. The van der Waals surface area contributed by atoms with Gasteiger partial charge in [-0.1, -0.05) is 17.7 Å². The Morgan fingerprint density at radius 3 is 2.97 bits per heavy atom. The van der Waals surface area contributed by atoms with Gasteiger partial charge in [0.1, 0.15) is 29.3 Å². The molecule has 156 valence electrons. The Hall–Kier alpha value is -3.16. The molecule has 0 unspecified atom stereocenters. The molecule has 2 aromatic carbocycles. The Labute approximate surface area is 188 Å². The van der Waals surface area contributed by atoms with E-state index in [1.807, 2.05) is 46.7 Å². The molecule has 0 atom stereocenters. The number of nitrogens with zero attached hydrogens (tertiary/aromatic N) is 3. The fourth-order valence-electron chi connectivity index (χ4n) is 3.77. The molecule has 2 aromatic heterocycles. The van der Waals surface area contributed by atoms with Crippen molar-refractivity contribution in [3.05, 3.63) is 64.9 Å². The molecule has 0 saturated heterocycles. The molecule has 5 rings (SSSR count). The molecule has 1 aliphatic rings. The van der Waals surface area contributed by atoms with Crippen LogP contribution in [0.2, 0.25) is 5.02 Å². The fourth-order valence-corrected chi connectivity index (χ4v) is 4.80. The fraction of sp³-hybridized carbons (Fsp3) is 0.174. The van der Waals surface area contributed by atoms with Gasteiger partial charge in [-0.2, -0.15) is 0 Å². The molecule has 0 spiro atoms. The van der Waals surface area contributed by atoms with E-state index in [1.54, 1.807) is 24.6 Å². The van der Waals surface area contributed by atoms with Crippen molar-refractivity contribution < 1.29 is 9.53 Å². The molecule has 0 bridgehead atoms. The Bertz CT molecular complexity index is 1290. The quantitative estimate of drug-likeness (QED) is 0.398. The molecule has 0 aliphatic carbocycles. The first-order chi connectivity index (χ1) is 15.1. The Morgan fingerprint density at radius 2 is 2.13 bits per heavy atom. The second-order valence-electron chi connectivity index (χ2n) is 7.35. The van der Waals surface area contributed by atoms with Crippen molar-refractivity contribution in [1.29, 1.82) is 0 Å². The van der Waals surface area contributed by atoms with Crippen LogP contribution in [0.1, 0.15) is 12.6 Å². The van der Waals surface area contributed by atoms with Crippen molar-refractivity contribution in [1.82, 2.24) is 9.97 Å². The number of hydrogen-bond acceptors (Lipinski definition) is 7. The van der Waals surface area contributed by atoms with Crippen LogP contribution in [0.3, 0.4) is 0 Å². The largest absolute Gasteiger partial charge is 0.455 e. The summed E-state index contributed by atoms with van der Waals surface area (Å²) in [4.78, 5) is 22.4. The summed E-state index contributed by atoms with van der Waals surface area (Å²) < 4.78 is 7.26. The van der Waals surface area contributed by atoms with E-state index >= 15 is 0 Å². The molecule has 31 heavy (non-hydrogen) atoms. The number of carbonyl (C=O) groups excluding carboxylic acids is 1. The van der Waals surface area contributed by atoms with Gasteiger partial charge in [-0.15, -0.1) is 11.3 Å². The topological polar surface area (TPSA) is 67.4 Å². The van der Waals surface area contributed by atoms with E-state index in [4.69, 9.17) is 16.3 Å². The number of halogens is 1. The monoisotopic (exact) mass is 450 g/mol. The maximum atomic E-state index is 11.6. The van der Waals surface area contributed by atoms with Gasteiger partial charge in [0, 0.05) is 28.7 Å². The third-order valence-corrected chi connectivity index (χ3v) is 6.29. The molecule has 0 amide bonds. The minimum Gasteiger partial charge on any atom is -0.455 e. The minimum atomic E-state index is 0.104. The first kappa shape index (κ1) is 19.8. The van der Waals surface area contributed by atoms with Crippen LogP contribution < -0.4 is 15.0 Å². The highest BCUT2D eigenvalue weighted by Gasteiger charge is 2.25. The molecule has 0 radical (unpaired) electrons. The number of ether oxygens (including phenoxy) is 1. The Kier molecular flexibility index (Phi) is 5.21. The number of hydrogen-bond donors (Lipinski definition) is 1. The number of Topliss-reactive ketones (excluding diaryl/α,β-unsaturated/α-hetero) is 1. The van der Waals surface area contributed by atoms with Crippen LogP contribution >= 0.6 is 22.9 Å². The zero-order valence-corrected chi connectivity index (χ0v) is 18.3. The van der Waals surface area contributed by atoms with Gasteiger partial charge in [0.25, 0.3) is 0 Å². The Balaban J connectivity index is 1.40. The number of fused-ring (bicyclic) bond motifs is 2. The van der Waals surface area contributed by atoms with Gasteiger partial charge in [-0.3, -0.25) is 4.79 Å². The maximum absolute atomic E-state index is 11.6. The van der Waals surface area contributed by atoms with E-state index in [2.05, 4.69) is 21.4 Å². The normalized spacial score (nSPS) is 12.8. The van der Waals surface area contributed by atoms with Gasteiger partial charge in [-0.05, 0) is 48.7 Å². The average Bonchev–Trinajstić information content (AvgIpc) is 3.38. The van der Waals surface area contributed by atoms with Crippen molar-refractivity contribution in [3.8, 4) is 11.5 Å². The Morgan fingerprint density at radius 1 is 1.23 bits per heavy atom. The summed E-state index contributed by atoms with van der Waals surface area (Å²) in [5, 5.41) is 6.92. The number of nitrogens with one attached hydrogen (secondary N) is 1. The molecule has 0 saturated carbocycles. The second-order valence-corrected chi connectivity index (χ2v) is 8.71. The second kappa shape index (κ2) is 8.17. The summed E-state index contributed by atoms with van der Waals surface area (Å²) >= 11 is 8.21. The molecule has 3 heterocycles. The zero-order valence-electron chi connectivity index (χ0n) is 16.8. The van der Waals surface area contributed by atoms with Gasteiger partial charge in [0.15, 0.2) is 5.82 Å². The van der Waals surface area contributed by atoms with E-state index in [1.165, 1.54) is 4.70 Å². The van der Waals surface area contributed by atoms with Gasteiger partial charge < -0.3 is 15.0 Å². The van der Waals surface area contributed by atoms with Crippen molar-refractivity contribution in [3.63, 3.8) is 0 Å². The third kappa shape index (κ3) is 3.94. The van der Waals surface area contributed by atoms with E-state index in [-0.39, 0.29) is 5.78 Å². The number of ketones is 1. The van der Waals surface area contributed by atoms with E-state index in [9.17, 15) is 4.79 Å². The van der Waals surface area contributed by atoms with Crippen LogP contribution in [0, 0.1) is 0 Å². The SMILES string of the molecule is CC(=O)CN1CCc2ncnc(Nc3ccc(Oc4cccc5sccc45)c(Cl)c3)c21. The zero-order chi connectivity index (χ0) is 21.4. The molecule has 0 fully saturated rings. The minimum absolute atomic E-state index is 0.104. The molecule has 1 N–H and O–H groups in total. The van der Waals surface area contributed by atoms with Crippen molar-refractivity contribution >= 4 is 56.0 Å². The smallest absolute Gasteiger partial charge is 0.157 e. The lowest BCUT2D eigenvalue weighted by Crippen LogP contribution is -2.27. The highest BCUT2D eigenvalue weighted by Crippen LogP contribution is 2.38.